The summed E-state index contributed by atoms with van der Waals surface area (Å²) >= 11 is 0. The number of fused-ring (bicyclic) bond motifs is 2. The molecule has 9 heteroatoms. The zero-order chi connectivity index (χ0) is 23.9. The van der Waals surface area contributed by atoms with Crippen LogP contribution in [0.4, 0.5) is 0 Å². The Kier molecular flexibility index (Phi) is 4.52. The van der Waals surface area contributed by atoms with Gasteiger partial charge in [0.15, 0.2) is 23.4 Å². The van der Waals surface area contributed by atoms with Crippen molar-refractivity contribution in [1.82, 2.24) is 0 Å². The molecular formula is C24H26O9. The van der Waals surface area contributed by atoms with E-state index in [2.05, 4.69) is 0 Å². The Morgan fingerprint density at radius 1 is 0.909 bits per heavy atom. The first kappa shape index (κ1) is 21.9. The highest BCUT2D eigenvalue weighted by atomic mass is 16.7. The summed E-state index contributed by atoms with van der Waals surface area (Å²) < 4.78 is 34.1. The van der Waals surface area contributed by atoms with Crippen molar-refractivity contribution < 1.29 is 37.7 Å². The fourth-order valence-corrected chi connectivity index (χ4v) is 4.18. The zero-order valence-corrected chi connectivity index (χ0v) is 19.3. The van der Waals surface area contributed by atoms with Gasteiger partial charge in [-0.2, -0.15) is 0 Å². The highest BCUT2D eigenvalue weighted by Gasteiger charge is 2.61. The fourth-order valence-electron chi connectivity index (χ4n) is 4.18. The third kappa shape index (κ3) is 3.41. The van der Waals surface area contributed by atoms with Crippen LogP contribution in [0.15, 0.2) is 33.5 Å². The van der Waals surface area contributed by atoms with Gasteiger partial charge in [0.25, 0.3) is 0 Å². The maximum atomic E-state index is 13.0. The molecule has 3 aliphatic rings. The third-order valence-corrected chi connectivity index (χ3v) is 6.95. The summed E-state index contributed by atoms with van der Waals surface area (Å²) in [6.45, 7) is 10.3. The quantitative estimate of drug-likeness (QED) is 0.387. The molecule has 0 saturated carbocycles. The van der Waals surface area contributed by atoms with Crippen LogP contribution in [-0.2, 0) is 28.5 Å². The lowest BCUT2D eigenvalue weighted by atomic mass is 9.87. The maximum absolute atomic E-state index is 13.0. The number of hydrogen-bond donors (Lipinski definition) is 0. The highest BCUT2D eigenvalue weighted by Crippen LogP contribution is 2.48. The molecule has 0 amide bonds. The number of esters is 2. The van der Waals surface area contributed by atoms with Crippen LogP contribution in [0.25, 0.3) is 11.0 Å². The molecule has 0 aliphatic carbocycles. The molecule has 4 heterocycles. The van der Waals surface area contributed by atoms with Gasteiger partial charge in [-0.3, -0.25) is 0 Å². The molecule has 3 aliphatic heterocycles. The molecular weight excluding hydrogens is 432 g/mol. The summed E-state index contributed by atoms with van der Waals surface area (Å²) in [5, 5.41) is 0.608. The van der Waals surface area contributed by atoms with Gasteiger partial charge in [0.2, 0.25) is 0 Å². The van der Waals surface area contributed by atoms with Crippen LogP contribution in [-0.4, -0.2) is 47.1 Å². The molecule has 9 nitrogen and oxygen atoms in total. The van der Waals surface area contributed by atoms with Gasteiger partial charge < -0.3 is 28.1 Å². The Hall–Kier alpha value is -2.91. The van der Waals surface area contributed by atoms with Crippen LogP contribution in [0.1, 0.15) is 53.2 Å². The summed E-state index contributed by atoms with van der Waals surface area (Å²) in [5.74, 6) is -0.758. The Balaban J connectivity index is 1.58. The van der Waals surface area contributed by atoms with Crippen molar-refractivity contribution in [1.29, 1.82) is 0 Å². The van der Waals surface area contributed by atoms with Crippen LogP contribution < -0.4 is 10.4 Å². The van der Waals surface area contributed by atoms with Crippen LogP contribution in [0, 0.1) is 0 Å². The molecule has 33 heavy (non-hydrogen) atoms. The Labute approximate surface area is 189 Å². The van der Waals surface area contributed by atoms with Gasteiger partial charge in [-0.25, -0.2) is 14.4 Å². The smallest absolute Gasteiger partial charge is 0.341 e. The van der Waals surface area contributed by atoms with Crippen molar-refractivity contribution in [2.24, 2.45) is 0 Å². The third-order valence-electron chi connectivity index (χ3n) is 6.95. The summed E-state index contributed by atoms with van der Waals surface area (Å²) in [4.78, 5) is 37.6. The number of rotatable bonds is 4. The molecule has 5 rings (SSSR count). The van der Waals surface area contributed by atoms with E-state index < -0.39 is 46.6 Å². The van der Waals surface area contributed by atoms with Crippen molar-refractivity contribution in [3.8, 4) is 5.75 Å². The van der Waals surface area contributed by atoms with E-state index in [0.717, 1.165) is 0 Å². The molecule has 6 atom stereocenters. The van der Waals surface area contributed by atoms with Crippen molar-refractivity contribution in [2.75, 3.05) is 0 Å². The van der Waals surface area contributed by atoms with E-state index in [1.54, 1.807) is 59.7 Å². The van der Waals surface area contributed by atoms with Gasteiger partial charge in [-0.1, -0.05) is 0 Å². The van der Waals surface area contributed by atoms with Crippen molar-refractivity contribution in [3.05, 3.63) is 40.2 Å². The van der Waals surface area contributed by atoms with E-state index in [0.29, 0.717) is 22.3 Å². The number of benzene rings is 1. The molecule has 0 bridgehead atoms. The van der Waals surface area contributed by atoms with Gasteiger partial charge in [-0.05, 0) is 53.7 Å². The topological polar surface area (TPSA) is 117 Å². The number of carbonyl (C=O) groups is 2. The molecule has 176 valence electrons. The molecule has 0 spiro atoms. The molecule has 0 radical (unpaired) electrons. The van der Waals surface area contributed by atoms with E-state index in [1.165, 1.54) is 6.07 Å². The molecule has 0 unspecified atom stereocenters. The number of ether oxygens (including phenoxy) is 5. The monoisotopic (exact) mass is 458 g/mol. The zero-order valence-electron chi connectivity index (χ0n) is 19.3. The van der Waals surface area contributed by atoms with E-state index in [-0.39, 0.29) is 12.2 Å². The van der Waals surface area contributed by atoms with Crippen LogP contribution >= 0.6 is 0 Å². The predicted molar refractivity (Wildman–Crippen MR) is 114 cm³/mol. The first-order valence-corrected chi connectivity index (χ1v) is 10.9. The van der Waals surface area contributed by atoms with Gasteiger partial charge in [0.1, 0.15) is 16.9 Å². The Bertz CT molecular complexity index is 1230. The summed E-state index contributed by atoms with van der Waals surface area (Å²) in [5.41, 5.74) is -2.88. The van der Waals surface area contributed by atoms with Gasteiger partial charge in [0.05, 0.1) is 12.2 Å². The molecule has 1 aromatic carbocycles. The average Bonchev–Trinajstić information content (AvgIpc) is 3.57. The number of hydrogen-bond acceptors (Lipinski definition) is 9. The van der Waals surface area contributed by atoms with Crippen molar-refractivity contribution in [2.45, 2.75) is 82.8 Å². The average molecular weight is 458 g/mol. The van der Waals surface area contributed by atoms with Crippen LogP contribution in [0.3, 0.4) is 0 Å². The lowest BCUT2D eigenvalue weighted by molar-refractivity contribution is -0.196. The first-order chi connectivity index (χ1) is 15.3. The van der Waals surface area contributed by atoms with Gasteiger partial charge in [0, 0.05) is 23.1 Å². The lowest BCUT2D eigenvalue weighted by Gasteiger charge is -2.43. The fraction of sp³-hybridized carbons (Fsp3) is 0.542. The SMILES string of the molecule is C[C@@H]1O[C@@]1(C)C(=O)O[C@H]1c2cc3ccc(=O)oc3cc2OC(C)(C)[C@H]1OC(=O)[C@]1(C)O[C@H]1C. The minimum absolute atomic E-state index is 0.280. The second-order valence-electron chi connectivity index (χ2n) is 9.77. The summed E-state index contributed by atoms with van der Waals surface area (Å²) in [6, 6.07) is 6.20. The Morgan fingerprint density at radius 3 is 2.06 bits per heavy atom. The largest absolute Gasteiger partial charge is 0.483 e. The molecule has 2 saturated heterocycles. The molecule has 2 fully saturated rings. The highest BCUT2D eigenvalue weighted by molar-refractivity contribution is 5.85. The standard InChI is InChI=1S/C24H26O9/c1-11-23(5,31-11)20(26)29-18-14-9-13-7-8-17(25)28-15(13)10-16(14)33-22(3,4)19(18)30-21(27)24(6)12(2)32-24/h7-12,18-19H,1-6H3/t11-,12-,18-,19-,23+,24+/m0/s1. The normalized spacial score (nSPS) is 35.8. The molecule has 0 N–H and O–H groups in total. The first-order valence-electron chi connectivity index (χ1n) is 10.9. The summed E-state index contributed by atoms with van der Waals surface area (Å²) in [7, 11) is 0. The van der Waals surface area contributed by atoms with Crippen LogP contribution in [0.2, 0.25) is 0 Å². The van der Waals surface area contributed by atoms with Crippen molar-refractivity contribution in [3.63, 3.8) is 0 Å². The molecule has 2 aromatic rings. The second-order valence-corrected chi connectivity index (χ2v) is 9.77. The van der Waals surface area contributed by atoms with E-state index in [1.807, 2.05) is 0 Å². The van der Waals surface area contributed by atoms with Gasteiger partial charge >= 0.3 is 17.6 Å². The molecule has 1 aromatic heterocycles. The maximum Gasteiger partial charge on any atom is 0.341 e. The number of carbonyl (C=O) groups excluding carboxylic acids is 2. The van der Waals surface area contributed by atoms with Crippen molar-refractivity contribution >= 4 is 22.9 Å². The summed E-state index contributed by atoms with van der Waals surface area (Å²) in [6.07, 6.45) is -2.52. The van der Waals surface area contributed by atoms with E-state index >= 15 is 0 Å². The van der Waals surface area contributed by atoms with Crippen LogP contribution in [0.5, 0.6) is 5.75 Å². The van der Waals surface area contributed by atoms with E-state index in [4.69, 9.17) is 28.1 Å². The Morgan fingerprint density at radius 2 is 1.48 bits per heavy atom. The number of epoxide rings is 2. The minimum Gasteiger partial charge on any atom is -0.483 e. The minimum atomic E-state index is -1.08. The second kappa shape index (κ2) is 6.80. The lowest BCUT2D eigenvalue weighted by Crippen LogP contribution is -2.53. The predicted octanol–water partition coefficient (Wildman–Crippen LogP) is 2.81. The van der Waals surface area contributed by atoms with E-state index in [9.17, 15) is 14.4 Å². The van der Waals surface area contributed by atoms with Gasteiger partial charge in [-0.15, -0.1) is 0 Å².